The summed E-state index contributed by atoms with van der Waals surface area (Å²) in [6, 6.07) is 7.96. The highest BCUT2D eigenvalue weighted by molar-refractivity contribution is 6.08. The molecule has 0 aliphatic carbocycles. The number of nitrogens with one attached hydrogen (secondary N) is 4. The monoisotopic (exact) mass is 392 g/mol. The predicted octanol–water partition coefficient (Wildman–Crippen LogP) is 1.50. The third-order valence-electron chi connectivity index (χ3n) is 4.98. The van der Waals surface area contributed by atoms with E-state index in [4.69, 9.17) is 5.84 Å². The van der Waals surface area contributed by atoms with Gasteiger partial charge in [-0.25, -0.2) is 0 Å². The van der Waals surface area contributed by atoms with Crippen LogP contribution in [0.2, 0.25) is 0 Å². The number of ketones is 1. The second-order valence-electron chi connectivity index (χ2n) is 7.21. The van der Waals surface area contributed by atoms with E-state index >= 15 is 0 Å². The molecule has 0 saturated carbocycles. The lowest BCUT2D eigenvalue weighted by Gasteiger charge is -2.18. The first kappa shape index (κ1) is 18.8. The molecule has 150 valence electrons. The molecule has 0 saturated heterocycles. The Hall–Kier alpha value is -3.52. The maximum Gasteiger partial charge on any atom is 0.222 e. The highest BCUT2D eigenvalue weighted by Crippen LogP contribution is 2.37. The Bertz CT molecular complexity index is 1050. The molecule has 0 radical (unpaired) electrons. The van der Waals surface area contributed by atoms with Crippen LogP contribution in [0.4, 0.5) is 11.4 Å². The quantitative estimate of drug-likeness (QED) is 0.504. The third-order valence-corrected chi connectivity index (χ3v) is 4.98. The van der Waals surface area contributed by atoms with Crippen molar-refractivity contribution in [3.63, 3.8) is 0 Å². The average Bonchev–Trinajstić information content (AvgIpc) is 2.96. The molecular weight excluding hydrogens is 368 g/mol. The maximum absolute atomic E-state index is 12.7. The van der Waals surface area contributed by atoms with Gasteiger partial charge in [0.25, 0.3) is 0 Å². The average molecular weight is 392 g/mol. The molecule has 2 aliphatic heterocycles. The molecule has 0 bridgehead atoms. The fraction of sp³-hybridized carbons (Fsp3) is 0.238. The minimum Gasteiger partial charge on any atom is -0.368 e. The van der Waals surface area contributed by atoms with Gasteiger partial charge >= 0.3 is 0 Å². The van der Waals surface area contributed by atoms with Crippen LogP contribution in [0.5, 0.6) is 0 Å². The van der Waals surface area contributed by atoms with E-state index < -0.39 is 0 Å². The molecule has 8 nitrogen and oxygen atoms in total. The minimum absolute atomic E-state index is 0.00749. The van der Waals surface area contributed by atoms with Crippen LogP contribution in [0.25, 0.3) is 5.57 Å². The van der Waals surface area contributed by atoms with E-state index in [0.717, 1.165) is 22.5 Å². The molecule has 2 aliphatic rings. The van der Waals surface area contributed by atoms with Crippen LogP contribution in [0.1, 0.15) is 34.2 Å². The van der Waals surface area contributed by atoms with Crippen molar-refractivity contribution in [2.45, 2.75) is 20.4 Å². The molecule has 3 heterocycles. The number of fused-ring (bicyclic) bond motifs is 1. The molecule has 8 heteroatoms. The number of nitrogen functional groups attached to an aromatic ring is 1. The fourth-order valence-corrected chi connectivity index (χ4v) is 3.65. The lowest BCUT2D eigenvalue weighted by atomic mass is 10.0. The number of carbonyl (C=O) groups is 2. The number of carbonyl (C=O) groups excluding carboxylic acids is 2. The van der Waals surface area contributed by atoms with E-state index in [0.29, 0.717) is 35.9 Å². The number of nitrogens with two attached hydrogens (primary N) is 1. The van der Waals surface area contributed by atoms with Crippen LogP contribution in [0.3, 0.4) is 0 Å². The van der Waals surface area contributed by atoms with Gasteiger partial charge in [0, 0.05) is 31.3 Å². The smallest absolute Gasteiger partial charge is 0.222 e. The van der Waals surface area contributed by atoms with Gasteiger partial charge < -0.3 is 27.1 Å². The molecule has 1 aromatic heterocycles. The van der Waals surface area contributed by atoms with Gasteiger partial charge in [0.1, 0.15) is 5.82 Å². The molecule has 6 N–H and O–H groups in total. The van der Waals surface area contributed by atoms with Crippen LogP contribution in [0.15, 0.2) is 42.2 Å². The Balaban J connectivity index is 1.83. The molecule has 0 spiro atoms. The Morgan fingerprint density at radius 2 is 1.97 bits per heavy atom. The molecule has 0 atom stereocenters. The van der Waals surface area contributed by atoms with Gasteiger partial charge in [-0.3, -0.25) is 14.3 Å². The van der Waals surface area contributed by atoms with Crippen LogP contribution in [-0.4, -0.2) is 29.5 Å². The first-order valence-corrected chi connectivity index (χ1v) is 9.48. The second-order valence-corrected chi connectivity index (χ2v) is 7.21. The summed E-state index contributed by atoms with van der Waals surface area (Å²) in [6.45, 7) is 4.80. The molecule has 1 aromatic carbocycles. The van der Waals surface area contributed by atoms with Gasteiger partial charge in [-0.05, 0) is 25.1 Å². The zero-order valence-electron chi connectivity index (χ0n) is 16.4. The molecule has 0 unspecified atom stereocenters. The molecule has 29 heavy (non-hydrogen) atoms. The number of Topliss-reactive ketones (excluding diaryl/α,β-unsaturated/α-hetero) is 1. The highest BCUT2D eigenvalue weighted by atomic mass is 16.1. The fourth-order valence-electron chi connectivity index (χ4n) is 3.65. The summed E-state index contributed by atoms with van der Waals surface area (Å²) in [6.07, 6.45) is 3.81. The number of dihydropyridines is 1. The second kappa shape index (κ2) is 7.48. The van der Waals surface area contributed by atoms with Crippen LogP contribution in [-0.2, 0) is 11.3 Å². The number of amides is 1. The Morgan fingerprint density at radius 3 is 2.69 bits per heavy atom. The summed E-state index contributed by atoms with van der Waals surface area (Å²) in [5, 5.41) is 12.4. The molecule has 1 amide bonds. The van der Waals surface area contributed by atoms with Crippen molar-refractivity contribution in [2.75, 3.05) is 24.2 Å². The summed E-state index contributed by atoms with van der Waals surface area (Å²) >= 11 is 0. The zero-order valence-corrected chi connectivity index (χ0v) is 16.4. The summed E-state index contributed by atoms with van der Waals surface area (Å²) in [5.74, 6) is 6.88. The molecular formula is C21H24N6O2. The molecule has 2 aromatic rings. The van der Waals surface area contributed by atoms with Crippen LogP contribution >= 0.6 is 0 Å². The third kappa shape index (κ3) is 3.62. The van der Waals surface area contributed by atoms with Gasteiger partial charge in [-0.15, -0.1) is 0 Å². The van der Waals surface area contributed by atoms with E-state index in [9.17, 15) is 9.59 Å². The Labute approximate surface area is 168 Å². The van der Waals surface area contributed by atoms with E-state index in [1.54, 1.807) is 4.68 Å². The Morgan fingerprint density at radius 1 is 1.21 bits per heavy atom. The zero-order chi connectivity index (χ0) is 20.5. The maximum atomic E-state index is 12.7. The molecule has 4 rings (SSSR count). The summed E-state index contributed by atoms with van der Waals surface area (Å²) < 4.78 is 1.56. The van der Waals surface area contributed by atoms with Crippen LogP contribution in [0, 0.1) is 6.92 Å². The number of allylic oxidation sites excluding steroid dienone is 2. The Kier molecular flexibility index (Phi) is 4.85. The minimum atomic E-state index is -0.162. The van der Waals surface area contributed by atoms with E-state index in [1.165, 1.54) is 6.92 Å². The van der Waals surface area contributed by atoms with Crippen molar-refractivity contribution in [3.8, 4) is 0 Å². The largest absolute Gasteiger partial charge is 0.368 e. The van der Waals surface area contributed by atoms with Gasteiger partial charge in [0.05, 0.1) is 29.2 Å². The predicted molar refractivity (Wildman–Crippen MR) is 113 cm³/mol. The number of anilines is 2. The number of benzene rings is 1. The van der Waals surface area contributed by atoms with Crippen molar-refractivity contribution in [2.24, 2.45) is 0 Å². The number of hydrogen-bond donors (Lipinski definition) is 5. The number of aryl methyl sites for hydroxylation is 1. The van der Waals surface area contributed by atoms with Crippen molar-refractivity contribution >= 4 is 28.6 Å². The topological polar surface area (TPSA) is 113 Å². The van der Waals surface area contributed by atoms with Crippen molar-refractivity contribution in [1.29, 1.82) is 0 Å². The molecule has 0 fully saturated rings. The number of aromatic nitrogens is 1. The van der Waals surface area contributed by atoms with Gasteiger partial charge in [0.2, 0.25) is 5.91 Å². The highest BCUT2D eigenvalue weighted by Gasteiger charge is 2.30. The van der Waals surface area contributed by atoms with Gasteiger partial charge in [0.15, 0.2) is 5.78 Å². The first-order chi connectivity index (χ1) is 13.9. The van der Waals surface area contributed by atoms with Gasteiger partial charge in [-0.1, -0.05) is 23.8 Å². The lowest BCUT2D eigenvalue weighted by molar-refractivity contribution is -0.118. The van der Waals surface area contributed by atoms with Crippen molar-refractivity contribution < 1.29 is 9.59 Å². The van der Waals surface area contributed by atoms with E-state index in [-0.39, 0.29) is 18.2 Å². The number of rotatable bonds is 4. The summed E-state index contributed by atoms with van der Waals surface area (Å²) in [7, 11) is 0. The number of hydrogen-bond acceptors (Lipinski definition) is 6. The van der Waals surface area contributed by atoms with Crippen molar-refractivity contribution in [1.82, 2.24) is 20.6 Å². The lowest BCUT2D eigenvalue weighted by Crippen LogP contribution is -2.32. The van der Waals surface area contributed by atoms with Crippen LogP contribution < -0.4 is 27.1 Å². The first-order valence-electron chi connectivity index (χ1n) is 9.48. The van der Waals surface area contributed by atoms with E-state index in [1.807, 2.05) is 43.3 Å². The standard InChI is InChI=1S/C21H24N6O2/c1-12-3-5-15(6-4-12)26-20-19-16(10-23-11-17(19)29)27(22)21(20)14-7-8-24-18(9-14)25-13(2)28/h3-7,9,23-24,26H,8,10-11,22H2,1-2H3,(H,25,28). The summed E-state index contributed by atoms with van der Waals surface area (Å²) in [5.41, 5.74) is 5.58. The normalized spacial score (nSPS) is 15.7. The summed E-state index contributed by atoms with van der Waals surface area (Å²) in [4.78, 5) is 24.2. The van der Waals surface area contributed by atoms with Gasteiger partial charge in [-0.2, -0.15) is 0 Å². The van der Waals surface area contributed by atoms with Crippen molar-refractivity contribution in [3.05, 3.63) is 64.8 Å². The number of nitrogens with zero attached hydrogens (tertiary/aromatic N) is 1. The SMILES string of the molecule is CC(=O)NC1=CC(c2c(Nc3ccc(C)cc3)c3c(n2N)CNCC3=O)=CCN1. The van der Waals surface area contributed by atoms with E-state index in [2.05, 4.69) is 21.3 Å².